The van der Waals surface area contributed by atoms with Gasteiger partial charge in [-0.1, -0.05) is 0 Å². The smallest absolute Gasteiger partial charge is 0.314 e. The molecule has 0 aliphatic heterocycles. The predicted octanol–water partition coefficient (Wildman–Crippen LogP) is 0.0223. The first-order chi connectivity index (χ1) is 6.13. The van der Waals surface area contributed by atoms with E-state index in [2.05, 4.69) is 9.97 Å². The molecule has 0 bridgehead atoms. The van der Waals surface area contributed by atoms with Crippen molar-refractivity contribution in [2.75, 3.05) is 0 Å². The van der Waals surface area contributed by atoms with Crippen molar-refractivity contribution in [3.8, 4) is 0 Å². The molecule has 13 heavy (non-hydrogen) atoms. The van der Waals surface area contributed by atoms with Gasteiger partial charge in [-0.2, -0.15) is 0 Å². The maximum absolute atomic E-state index is 9.43. The molecular weight excluding hydrogens is 176 g/mol. The Bertz CT molecular complexity index is 224. The van der Waals surface area contributed by atoms with Gasteiger partial charge in [0.1, 0.15) is 12.7 Å². The molecular formula is C7H8N2O4. The average molecular weight is 184 g/mol. The van der Waals surface area contributed by atoms with Gasteiger partial charge in [0.2, 0.25) is 0 Å². The lowest BCUT2D eigenvalue weighted by molar-refractivity contribution is -0.147. The molecule has 6 heteroatoms. The highest BCUT2D eigenvalue weighted by Gasteiger charge is 2.01. The number of aromatic nitrogens is 2. The Kier molecular flexibility index (Phi) is 5.69. The third-order valence-electron chi connectivity index (χ3n) is 0.780. The van der Waals surface area contributed by atoms with Crippen molar-refractivity contribution in [1.29, 1.82) is 0 Å². The first-order valence-electron chi connectivity index (χ1n) is 3.26. The van der Waals surface area contributed by atoms with Crippen LogP contribution in [-0.4, -0.2) is 32.1 Å². The summed E-state index contributed by atoms with van der Waals surface area (Å²) in [5.74, 6) is -2.62. The molecule has 0 spiro atoms. The largest absolute Gasteiger partial charge is 0.481 e. The highest BCUT2D eigenvalue weighted by Crippen LogP contribution is 1.74. The SMILES string of the molecule is O=C(O)CC(=O)O.c1cncnc1. The summed E-state index contributed by atoms with van der Waals surface area (Å²) in [7, 11) is 0. The number of carboxylic acid groups (broad SMARTS) is 2. The van der Waals surface area contributed by atoms with Gasteiger partial charge in [-0.05, 0) is 6.07 Å². The van der Waals surface area contributed by atoms with Crippen LogP contribution >= 0.6 is 0 Å². The van der Waals surface area contributed by atoms with E-state index in [0.29, 0.717) is 0 Å². The van der Waals surface area contributed by atoms with Crippen LogP contribution in [-0.2, 0) is 9.59 Å². The Morgan fingerprint density at radius 3 is 1.62 bits per heavy atom. The van der Waals surface area contributed by atoms with Crippen LogP contribution in [0.25, 0.3) is 0 Å². The summed E-state index contributed by atoms with van der Waals surface area (Å²) in [5.41, 5.74) is 0. The Morgan fingerprint density at radius 2 is 1.54 bits per heavy atom. The lowest BCUT2D eigenvalue weighted by Gasteiger charge is -1.80. The van der Waals surface area contributed by atoms with Crippen molar-refractivity contribution in [2.45, 2.75) is 6.42 Å². The van der Waals surface area contributed by atoms with Gasteiger partial charge in [-0.15, -0.1) is 0 Å². The van der Waals surface area contributed by atoms with E-state index in [1.165, 1.54) is 6.33 Å². The quantitative estimate of drug-likeness (QED) is 0.628. The summed E-state index contributed by atoms with van der Waals surface area (Å²) in [6.45, 7) is 0. The second-order valence-electron chi connectivity index (χ2n) is 1.87. The molecule has 0 saturated carbocycles. The number of aliphatic carboxylic acids is 2. The van der Waals surface area contributed by atoms with Gasteiger partial charge in [-0.25, -0.2) is 9.97 Å². The molecule has 0 aliphatic rings. The van der Waals surface area contributed by atoms with E-state index in [4.69, 9.17) is 10.2 Å². The second-order valence-corrected chi connectivity index (χ2v) is 1.87. The van der Waals surface area contributed by atoms with Crippen LogP contribution in [0.15, 0.2) is 24.8 Å². The number of carboxylic acids is 2. The van der Waals surface area contributed by atoms with E-state index >= 15 is 0 Å². The molecule has 0 radical (unpaired) electrons. The van der Waals surface area contributed by atoms with Crippen LogP contribution in [0.3, 0.4) is 0 Å². The summed E-state index contributed by atoms with van der Waals surface area (Å²) in [6, 6.07) is 1.78. The minimum Gasteiger partial charge on any atom is -0.481 e. The summed E-state index contributed by atoms with van der Waals surface area (Å²) < 4.78 is 0. The summed E-state index contributed by atoms with van der Waals surface area (Å²) >= 11 is 0. The standard InChI is InChI=1S/C4H4N2.C3H4O4/c1-2-5-4-6-3-1;4-2(5)1-3(6)7/h1-4H;1H2,(H,4,5)(H,6,7). The lowest BCUT2D eigenvalue weighted by atomic mass is 10.5. The summed E-state index contributed by atoms with van der Waals surface area (Å²) in [5, 5.41) is 15.4. The molecule has 2 N–H and O–H groups in total. The molecule has 0 atom stereocenters. The Balaban J connectivity index is 0.000000223. The Hall–Kier alpha value is -1.98. The molecule has 6 nitrogen and oxygen atoms in total. The van der Waals surface area contributed by atoms with E-state index in [-0.39, 0.29) is 0 Å². The fraction of sp³-hybridized carbons (Fsp3) is 0.143. The van der Waals surface area contributed by atoms with E-state index in [9.17, 15) is 9.59 Å². The third kappa shape index (κ3) is 10.0. The van der Waals surface area contributed by atoms with E-state index in [0.717, 1.165) is 0 Å². The van der Waals surface area contributed by atoms with Crippen molar-refractivity contribution >= 4 is 11.9 Å². The van der Waals surface area contributed by atoms with Crippen LogP contribution in [0.4, 0.5) is 0 Å². The zero-order chi connectivity index (χ0) is 10.1. The maximum Gasteiger partial charge on any atom is 0.314 e. The highest BCUT2D eigenvalue weighted by molar-refractivity contribution is 5.88. The molecule has 1 rings (SSSR count). The van der Waals surface area contributed by atoms with Crippen molar-refractivity contribution in [2.24, 2.45) is 0 Å². The molecule has 0 fully saturated rings. The topological polar surface area (TPSA) is 100 Å². The normalized spacial score (nSPS) is 8.00. The molecule has 70 valence electrons. The highest BCUT2D eigenvalue weighted by atomic mass is 16.4. The van der Waals surface area contributed by atoms with Gasteiger partial charge in [-0.3, -0.25) is 9.59 Å². The van der Waals surface area contributed by atoms with Crippen molar-refractivity contribution in [3.05, 3.63) is 24.8 Å². The lowest BCUT2D eigenvalue weighted by Crippen LogP contribution is -2.03. The third-order valence-corrected chi connectivity index (χ3v) is 0.780. The van der Waals surface area contributed by atoms with Gasteiger partial charge >= 0.3 is 11.9 Å². The first-order valence-corrected chi connectivity index (χ1v) is 3.26. The molecule has 0 unspecified atom stereocenters. The Labute approximate surface area is 73.9 Å². The maximum atomic E-state index is 9.43. The van der Waals surface area contributed by atoms with Crippen LogP contribution in [0.1, 0.15) is 6.42 Å². The van der Waals surface area contributed by atoms with Gasteiger partial charge in [0.25, 0.3) is 0 Å². The Morgan fingerprint density at radius 1 is 1.08 bits per heavy atom. The van der Waals surface area contributed by atoms with Crippen LogP contribution < -0.4 is 0 Å². The van der Waals surface area contributed by atoms with Gasteiger partial charge in [0.15, 0.2) is 0 Å². The van der Waals surface area contributed by atoms with E-state index in [1.807, 2.05) is 0 Å². The van der Waals surface area contributed by atoms with Crippen LogP contribution in [0.2, 0.25) is 0 Å². The van der Waals surface area contributed by atoms with Crippen LogP contribution in [0.5, 0.6) is 0 Å². The fourth-order valence-electron chi connectivity index (χ4n) is 0.383. The van der Waals surface area contributed by atoms with Gasteiger partial charge in [0.05, 0.1) is 0 Å². The van der Waals surface area contributed by atoms with E-state index < -0.39 is 18.4 Å². The number of hydrogen-bond acceptors (Lipinski definition) is 4. The van der Waals surface area contributed by atoms with Crippen LogP contribution in [0, 0.1) is 0 Å². The number of hydrogen-bond donors (Lipinski definition) is 2. The second kappa shape index (κ2) is 6.71. The average Bonchev–Trinajstić information content (AvgIpc) is 2.06. The van der Waals surface area contributed by atoms with Crippen molar-refractivity contribution in [1.82, 2.24) is 9.97 Å². The molecule has 1 heterocycles. The number of nitrogens with zero attached hydrogens (tertiary/aromatic N) is 2. The molecule has 0 aliphatic carbocycles. The van der Waals surface area contributed by atoms with E-state index in [1.54, 1.807) is 18.5 Å². The van der Waals surface area contributed by atoms with Gasteiger partial charge < -0.3 is 10.2 Å². The zero-order valence-electron chi connectivity index (χ0n) is 6.62. The summed E-state index contributed by atoms with van der Waals surface area (Å²) in [4.78, 5) is 26.2. The predicted molar refractivity (Wildman–Crippen MR) is 41.9 cm³/mol. The minimum absolute atomic E-state index is 0.806. The molecule has 0 saturated heterocycles. The van der Waals surface area contributed by atoms with Gasteiger partial charge in [0, 0.05) is 12.4 Å². The molecule has 1 aromatic heterocycles. The fourth-order valence-corrected chi connectivity index (χ4v) is 0.383. The molecule has 0 amide bonds. The number of carbonyl (C=O) groups is 2. The molecule has 1 aromatic rings. The number of rotatable bonds is 2. The zero-order valence-corrected chi connectivity index (χ0v) is 6.62. The van der Waals surface area contributed by atoms with Crippen molar-refractivity contribution in [3.63, 3.8) is 0 Å². The molecule has 0 aromatic carbocycles. The monoisotopic (exact) mass is 184 g/mol. The summed E-state index contributed by atoms with van der Waals surface area (Å²) in [6.07, 6.45) is 4.07. The minimum atomic E-state index is -1.31. The van der Waals surface area contributed by atoms with Crippen molar-refractivity contribution < 1.29 is 19.8 Å². The first kappa shape index (κ1) is 11.0.